The van der Waals surface area contributed by atoms with Gasteiger partial charge in [-0.2, -0.15) is 20.8 Å². The van der Waals surface area contributed by atoms with Gasteiger partial charge in [0.1, 0.15) is 0 Å². The molecule has 1 aromatic carbocycles. The van der Waals surface area contributed by atoms with Crippen LogP contribution in [0.4, 0.5) is 0 Å². The molecule has 5 nitrogen and oxygen atoms in total. The monoisotopic (exact) mass is 532 g/mol. The first-order valence-electron chi connectivity index (χ1n) is 14.8. The van der Waals surface area contributed by atoms with Crippen molar-refractivity contribution in [3.8, 4) is 12.1 Å². The van der Waals surface area contributed by atoms with E-state index in [0.717, 1.165) is 43.2 Å². The van der Waals surface area contributed by atoms with E-state index in [1.165, 1.54) is 43.2 Å². The summed E-state index contributed by atoms with van der Waals surface area (Å²) in [6.45, 7) is 18.3. The number of nitriles is 2. The van der Waals surface area contributed by atoms with E-state index in [4.69, 9.17) is 5.11 Å². The van der Waals surface area contributed by atoms with Crippen LogP contribution < -0.4 is 0 Å². The third-order valence-electron chi connectivity index (χ3n) is 7.34. The minimum atomic E-state index is -0.990. The highest BCUT2D eigenvalue weighted by Crippen LogP contribution is 2.31. The molecule has 5 heteroatoms. The lowest BCUT2D eigenvalue weighted by Crippen LogP contribution is -2.27. The van der Waals surface area contributed by atoms with Crippen molar-refractivity contribution in [1.29, 1.82) is 10.5 Å². The Morgan fingerprint density at radius 3 is 1.87 bits per heavy atom. The van der Waals surface area contributed by atoms with Gasteiger partial charge in [-0.1, -0.05) is 96.7 Å². The molecule has 39 heavy (non-hydrogen) atoms. The lowest BCUT2D eigenvalue weighted by atomic mass is 9.83. The summed E-state index contributed by atoms with van der Waals surface area (Å²) in [5.41, 5.74) is 2.94. The van der Waals surface area contributed by atoms with Gasteiger partial charge in [0.2, 0.25) is 0 Å². The molecule has 3 atom stereocenters. The van der Waals surface area contributed by atoms with Crippen LogP contribution in [0.3, 0.4) is 0 Å². The van der Waals surface area contributed by atoms with Crippen LogP contribution in [0.5, 0.6) is 0 Å². The summed E-state index contributed by atoms with van der Waals surface area (Å²) in [5, 5.41) is 37.4. The molecule has 0 bridgehead atoms. The lowest BCUT2D eigenvalue weighted by molar-refractivity contribution is 0.282. The minimum absolute atomic E-state index is 0.184. The van der Waals surface area contributed by atoms with Crippen LogP contribution in [0.2, 0.25) is 0 Å². The van der Waals surface area contributed by atoms with Crippen LogP contribution in [-0.2, 0) is 12.8 Å². The van der Waals surface area contributed by atoms with E-state index >= 15 is 0 Å². The predicted octanol–water partition coefficient (Wildman–Crippen LogP) is 9.26. The Balaban J connectivity index is 2.96. The molecule has 0 saturated heterocycles. The second-order valence-corrected chi connectivity index (χ2v) is 12.0. The third kappa shape index (κ3) is 12.3. The highest BCUT2D eigenvalue weighted by molar-refractivity contribution is 5.68. The van der Waals surface area contributed by atoms with Crippen LogP contribution in [0, 0.1) is 34.5 Å². The number of rotatable bonds is 20. The van der Waals surface area contributed by atoms with Crippen molar-refractivity contribution in [2.45, 2.75) is 123 Å². The van der Waals surface area contributed by atoms with Crippen LogP contribution in [0.25, 0.3) is 12.2 Å². The van der Waals surface area contributed by atoms with E-state index in [0.29, 0.717) is 25.4 Å². The Morgan fingerprint density at radius 2 is 1.38 bits per heavy atom. The van der Waals surface area contributed by atoms with Gasteiger partial charge in [-0.25, -0.2) is 0 Å². The smallest absolute Gasteiger partial charge is 0.165 e. The molecule has 0 aliphatic carbocycles. The first kappa shape index (κ1) is 34.3. The van der Waals surface area contributed by atoms with E-state index in [-0.39, 0.29) is 5.92 Å². The Morgan fingerprint density at radius 1 is 0.846 bits per heavy atom. The molecule has 0 amide bonds. The van der Waals surface area contributed by atoms with E-state index < -0.39 is 11.1 Å². The fraction of sp³-hybridized carbons (Fsp3) is 0.647. The van der Waals surface area contributed by atoms with Crippen molar-refractivity contribution in [3.05, 3.63) is 47.5 Å². The number of hydrogen-bond donors (Lipinski definition) is 1. The quantitative estimate of drug-likeness (QED) is 0.134. The third-order valence-corrected chi connectivity index (χ3v) is 7.34. The van der Waals surface area contributed by atoms with Crippen LogP contribution in [-0.4, -0.2) is 22.8 Å². The molecule has 1 rings (SSSR count). The summed E-state index contributed by atoms with van der Waals surface area (Å²) in [5.74, 6) is 0.495. The summed E-state index contributed by atoms with van der Waals surface area (Å²) in [7, 11) is 0. The average Bonchev–Trinajstić information content (AvgIpc) is 2.91. The van der Waals surface area contributed by atoms with Gasteiger partial charge in [-0.15, -0.1) is 0 Å². The van der Waals surface area contributed by atoms with Crippen molar-refractivity contribution >= 4 is 12.2 Å². The molecule has 1 aromatic rings. The van der Waals surface area contributed by atoms with E-state index in [1.54, 1.807) is 6.92 Å². The first-order valence-corrected chi connectivity index (χ1v) is 14.8. The number of aliphatic hydroxyl groups is 1. The first-order chi connectivity index (χ1) is 18.6. The second kappa shape index (κ2) is 17.8. The minimum Gasteiger partial charge on any atom is -0.396 e. The SMILES string of the molecule is C=Cc1ccc(CCCCCCCCCCO)c(CC(C)CC(C)(C#N)N=NC(C)(C#N)CC(C)C)c1C=C. The van der Waals surface area contributed by atoms with Gasteiger partial charge in [0.05, 0.1) is 12.1 Å². The molecule has 0 aliphatic heterocycles. The molecule has 0 spiro atoms. The Bertz CT molecular complexity index is 1020. The number of nitrogens with zero attached hydrogens (tertiary/aromatic N) is 4. The highest BCUT2D eigenvalue weighted by Gasteiger charge is 2.31. The summed E-state index contributed by atoms with van der Waals surface area (Å²) < 4.78 is 0. The van der Waals surface area contributed by atoms with Gasteiger partial charge in [0, 0.05) is 6.61 Å². The van der Waals surface area contributed by atoms with Crippen LogP contribution in [0.15, 0.2) is 35.5 Å². The maximum atomic E-state index is 10.0. The topological polar surface area (TPSA) is 92.5 Å². The van der Waals surface area contributed by atoms with Gasteiger partial charge in [-0.05, 0) is 86.5 Å². The maximum absolute atomic E-state index is 10.0. The fourth-order valence-electron chi connectivity index (χ4n) is 5.44. The van der Waals surface area contributed by atoms with Crippen molar-refractivity contribution in [2.75, 3.05) is 6.61 Å². The zero-order valence-corrected chi connectivity index (χ0v) is 25.3. The molecule has 0 radical (unpaired) electrons. The standard InChI is InChI=1S/C34H52N4O/c1-8-29-19-20-30(18-16-14-12-10-11-13-15-17-21-39)32(31(29)9-2)22-28(5)24-34(7,26-36)38-37-33(6,25-35)23-27(3)4/h8-9,19-20,27-28,39H,1-2,10-18,21-24H2,3-7H3. The van der Waals surface area contributed by atoms with Crippen molar-refractivity contribution in [2.24, 2.45) is 22.1 Å². The predicted molar refractivity (Wildman–Crippen MR) is 164 cm³/mol. The summed E-state index contributed by atoms with van der Waals surface area (Å²) in [6, 6.07) is 9.01. The molecular formula is C34H52N4O. The molecule has 3 unspecified atom stereocenters. The van der Waals surface area contributed by atoms with Crippen molar-refractivity contribution in [1.82, 2.24) is 0 Å². The fourth-order valence-corrected chi connectivity index (χ4v) is 5.44. The van der Waals surface area contributed by atoms with E-state index in [9.17, 15) is 10.5 Å². The van der Waals surface area contributed by atoms with Gasteiger partial charge in [0.15, 0.2) is 11.1 Å². The molecule has 214 valence electrons. The molecule has 1 N–H and O–H groups in total. The largest absolute Gasteiger partial charge is 0.396 e. The van der Waals surface area contributed by atoms with Crippen LogP contribution in [0.1, 0.15) is 121 Å². The number of unbranched alkanes of at least 4 members (excludes halogenated alkanes) is 7. The van der Waals surface area contributed by atoms with E-state index in [1.807, 2.05) is 19.1 Å². The molecule has 0 aliphatic rings. The average molecular weight is 533 g/mol. The Kier molecular flexibility index (Phi) is 15.6. The normalized spacial score (nSPS) is 15.3. The summed E-state index contributed by atoms with van der Waals surface area (Å²) in [6.07, 6.45) is 16.2. The van der Waals surface area contributed by atoms with Crippen molar-refractivity contribution in [3.63, 3.8) is 0 Å². The lowest BCUT2D eigenvalue weighted by Gasteiger charge is -2.25. The Labute approximate surface area is 238 Å². The van der Waals surface area contributed by atoms with Gasteiger partial charge >= 0.3 is 0 Å². The number of aryl methyl sites for hydroxylation is 1. The molecular weight excluding hydrogens is 480 g/mol. The van der Waals surface area contributed by atoms with Crippen molar-refractivity contribution < 1.29 is 5.11 Å². The highest BCUT2D eigenvalue weighted by atomic mass is 16.2. The number of hydrogen-bond acceptors (Lipinski definition) is 5. The number of aliphatic hydroxyl groups excluding tert-OH is 1. The van der Waals surface area contributed by atoms with Crippen LogP contribution >= 0.6 is 0 Å². The molecule has 0 fully saturated rings. The maximum Gasteiger partial charge on any atom is 0.165 e. The number of azo groups is 1. The van der Waals surface area contributed by atoms with E-state index in [2.05, 4.69) is 68.4 Å². The Hall–Kier alpha value is -2.76. The molecule has 0 heterocycles. The number of benzene rings is 1. The molecule has 0 saturated carbocycles. The zero-order chi connectivity index (χ0) is 29.3. The summed E-state index contributed by atoms with van der Waals surface area (Å²) >= 11 is 0. The second-order valence-electron chi connectivity index (χ2n) is 12.0. The van der Waals surface area contributed by atoms with Gasteiger partial charge in [-0.3, -0.25) is 0 Å². The van der Waals surface area contributed by atoms with Gasteiger partial charge < -0.3 is 5.11 Å². The zero-order valence-electron chi connectivity index (χ0n) is 25.3. The summed E-state index contributed by atoms with van der Waals surface area (Å²) in [4.78, 5) is 0. The van der Waals surface area contributed by atoms with Gasteiger partial charge in [0.25, 0.3) is 0 Å². The molecule has 0 aromatic heterocycles.